The second-order valence-corrected chi connectivity index (χ2v) is 6.72. The summed E-state index contributed by atoms with van der Waals surface area (Å²) in [6, 6.07) is 18.3. The minimum absolute atomic E-state index is 0.123. The first-order valence-electron chi connectivity index (χ1n) is 7.91. The Morgan fingerprint density at radius 2 is 1.81 bits per heavy atom. The maximum Gasteiger partial charge on any atom is 0.250 e. The lowest BCUT2D eigenvalue weighted by atomic mass is 10.2. The van der Waals surface area contributed by atoms with Crippen molar-refractivity contribution in [3.05, 3.63) is 82.5 Å². The number of rotatable bonds is 4. The molecule has 0 bridgehead atoms. The molecule has 27 heavy (non-hydrogen) atoms. The zero-order valence-electron chi connectivity index (χ0n) is 13.9. The number of amides is 1. The van der Waals surface area contributed by atoms with Gasteiger partial charge in [0, 0.05) is 16.7 Å². The van der Waals surface area contributed by atoms with E-state index in [9.17, 15) is 4.79 Å². The van der Waals surface area contributed by atoms with Gasteiger partial charge in [-0.15, -0.1) is 0 Å². The van der Waals surface area contributed by atoms with Crippen molar-refractivity contribution in [2.75, 3.05) is 5.32 Å². The number of thiocarbonyl (C=S) groups is 1. The monoisotopic (exact) mass is 416 g/mol. The molecule has 0 aliphatic carbocycles. The van der Waals surface area contributed by atoms with E-state index in [1.165, 1.54) is 6.08 Å². The highest BCUT2D eigenvalue weighted by atomic mass is 35.5. The first kappa shape index (κ1) is 19.2. The molecule has 0 aliphatic heterocycles. The second-order valence-electron chi connectivity index (χ2n) is 5.47. The topological polar surface area (TPSA) is 54.3 Å². The molecule has 1 amide bonds. The molecule has 1 heterocycles. The van der Waals surface area contributed by atoms with Gasteiger partial charge in [-0.2, -0.15) is 0 Å². The number of hydrogen-bond acceptors (Lipinski definition) is 3. The minimum Gasteiger partial charge on any atom is -0.457 e. The molecular weight excluding hydrogens is 403 g/mol. The Bertz CT molecular complexity index is 1000. The van der Waals surface area contributed by atoms with Crippen LogP contribution in [0.4, 0.5) is 5.69 Å². The van der Waals surface area contributed by atoms with Gasteiger partial charge in [0.15, 0.2) is 5.11 Å². The van der Waals surface area contributed by atoms with Gasteiger partial charge in [-0.25, -0.2) is 0 Å². The van der Waals surface area contributed by atoms with Crippen molar-refractivity contribution in [3.8, 4) is 11.3 Å². The Morgan fingerprint density at radius 3 is 2.56 bits per heavy atom. The van der Waals surface area contributed by atoms with Crippen LogP contribution in [0.5, 0.6) is 0 Å². The van der Waals surface area contributed by atoms with Gasteiger partial charge in [0.05, 0.1) is 10.7 Å². The lowest BCUT2D eigenvalue weighted by molar-refractivity contribution is -0.115. The van der Waals surface area contributed by atoms with Gasteiger partial charge >= 0.3 is 0 Å². The van der Waals surface area contributed by atoms with Gasteiger partial charge < -0.3 is 9.73 Å². The molecule has 0 aliphatic rings. The van der Waals surface area contributed by atoms with Gasteiger partial charge in [-0.05, 0) is 48.6 Å². The van der Waals surface area contributed by atoms with Crippen LogP contribution in [0.3, 0.4) is 0 Å². The van der Waals surface area contributed by atoms with E-state index in [0.717, 1.165) is 11.3 Å². The molecule has 0 spiro atoms. The molecule has 0 saturated heterocycles. The molecule has 0 radical (unpaired) electrons. The lowest BCUT2D eigenvalue weighted by Gasteiger charge is -2.09. The smallest absolute Gasteiger partial charge is 0.250 e. The number of nitrogens with one attached hydrogen (secondary N) is 2. The Hall–Kier alpha value is -2.60. The average molecular weight is 417 g/mol. The van der Waals surface area contributed by atoms with Crippen molar-refractivity contribution in [3.63, 3.8) is 0 Å². The standard InChI is InChI=1S/C20H14Cl2N2O2S/c21-14-6-9-17(16(22)12-14)23-20(27)24-19(25)11-8-15-7-10-18(26-15)13-4-2-1-3-5-13/h1-12H,(H2,23,24,25,27)/b11-8+. The molecule has 0 fully saturated rings. The molecule has 0 unspecified atom stereocenters. The minimum atomic E-state index is -0.393. The van der Waals surface area contributed by atoms with Crippen molar-refractivity contribution in [2.24, 2.45) is 0 Å². The van der Waals surface area contributed by atoms with Crippen LogP contribution in [-0.2, 0) is 4.79 Å². The maximum absolute atomic E-state index is 12.0. The quantitative estimate of drug-likeness (QED) is 0.418. The van der Waals surface area contributed by atoms with E-state index in [-0.39, 0.29) is 5.11 Å². The summed E-state index contributed by atoms with van der Waals surface area (Å²) in [5, 5.41) is 6.42. The summed E-state index contributed by atoms with van der Waals surface area (Å²) >= 11 is 17.0. The summed E-state index contributed by atoms with van der Waals surface area (Å²) in [6.07, 6.45) is 2.91. The van der Waals surface area contributed by atoms with Crippen LogP contribution in [0.25, 0.3) is 17.4 Å². The number of hydrogen-bond donors (Lipinski definition) is 2. The first-order chi connectivity index (χ1) is 13.0. The molecule has 0 atom stereocenters. The predicted octanol–water partition coefficient (Wildman–Crippen LogP) is 5.78. The van der Waals surface area contributed by atoms with Crippen molar-refractivity contribution < 1.29 is 9.21 Å². The Balaban J connectivity index is 1.57. The van der Waals surface area contributed by atoms with E-state index in [2.05, 4.69) is 10.6 Å². The molecule has 136 valence electrons. The molecule has 3 rings (SSSR count). The molecule has 2 aromatic carbocycles. The van der Waals surface area contributed by atoms with Gasteiger partial charge in [0.1, 0.15) is 11.5 Å². The zero-order valence-corrected chi connectivity index (χ0v) is 16.2. The Morgan fingerprint density at radius 1 is 1.04 bits per heavy atom. The van der Waals surface area contributed by atoms with Crippen LogP contribution in [0.2, 0.25) is 10.0 Å². The summed E-state index contributed by atoms with van der Waals surface area (Å²) in [4.78, 5) is 12.0. The van der Waals surface area contributed by atoms with Crippen LogP contribution in [0.15, 0.2) is 71.2 Å². The Labute approximate surface area is 171 Å². The van der Waals surface area contributed by atoms with Gasteiger partial charge in [0.25, 0.3) is 0 Å². The molecule has 4 nitrogen and oxygen atoms in total. The van der Waals surface area contributed by atoms with Gasteiger partial charge in [-0.1, -0.05) is 53.5 Å². The van der Waals surface area contributed by atoms with Gasteiger partial charge in [-0.3, -0.25) is 10.1 Å². The SMILES string of the molecule is O=C(/C=C/c1ccc(-c2ccccc2)o1)NC(=S)Nc1ccc(Cl)cc1Cl. The van der Waals surface area contributed by atoms with Crippen LogP contribution in [0, 0.1) is 0 Å². The fourth-order valence-corrected chi connectivity index (χ4v) is 2.92. The highest BCUT2D eigenvalue weighted by Crippen LogP contribution is 2.25. The normalized spacial score (nSPS) is 10.7. The average Bonchev–Trinajstić information content (AvgIpc) is 3.12. The van der Waals surface area contributed by atoms with Crippen LogP contribution >= 0.6 is 35.4 Å². The molecule has 3 aromatic rings. The molecule has 1 aromatic heterocycles. The van der Waals surface area contributed by atoms with E-state index in [4.69, 9.17) is 39.8 Å². The third-order valence-electron chi connectivity index (χ3n) is 3.50. The zero-order chi connectivity index (χ0) is 19.2. The fraction of sp³-hybridized carbons (Fsp3) is 0. The fourth-order valence-electron chi connectivity index (χ4n) is 2.26. The van der Waals surface area contributed by atoms with E-state index in [0.29, 0.717) is 21.5 Å². The molecule has 7 heteroatoms. The highest BCUT2D eigenvalue weighted by Gasteiger charge is 2.06. The summed E-state index contributed by atoms with van der Waals surface area (Å²) in [7, 11) is 0. The third kappa shape index (κ3) is 5.44. The largest absolute Gasteiger partial charge is 0.457 e. The Kier molecular flexibility index (Phi) is 6.29. The van der Waals surface area contributed by atoms with E-state index in [1.807, 2.05) is 36.4 Å². The second kappa shape index (κ2) is 8.86. The van der Waals surface area contributed by atoms with Crippen LogP contribution in [-0.4, -0.2) is 11.0 Å². The number of carbonyl (C=O) groups excluding carboxylic acids is 1. The maximum atomic E-state index is 12.0. The van der Waals surface area contributed by atoms with Crippen molar-refractivity contribution in [2.45, 2.75) is 0 Å². The van der Waals surface area contributed by atoms with E-state index < -0.39 is 5.91 Å². The summed E-state index contributed by atoms with van der Waals surface area (Å²) in [5.74, 6) is 0.893. The number of furan rings is 1. The molecule has 2 N–H and O–H groups in total. The first-order valence-corrected chi connectivity index (χ1v) is 9.08. The van der Waals surface area contributed by atoms with Crippen LogP contribution in [0.1, 0.15) is 5.76 Å². The number of anilines is 1. The van der Waals surface area contributed by atoms with Crippen molar-refractivity contribution in [1.29, 1.82) is 0 Å². The predicted molar refractivity (Wildman–Crippen MR) is 114 cm³/mol. The number of carbonyl (C=O) groups is 1. The summed E-state index contributed by atoms with van der Waals surface area (Å²) < 4.78 is 5.70. The van der Waals surface area contributed by atoms with Crippen molar-refractivity contribution in [1.82, 2.24) is 5.32 Å². The number of benzene rings is 2. The molecule has 0 saturated carbocycles. The van der Waals surface area contributed by atoms with E-state index >= 15 is 0 Å². The number of halogens is 2. The lowest BCUT2D eigenvalue weighted by Crippen LogP contribution is -2.32. The van der Waals surface area contributed by atoms with Gasteiger partial charge in [0.2, 0.25) is 5.91 Å². The summed E-state index contributed by atoms with van der Waals surface area (Å²) in [6.45, 7) is 0. The third-order valence-corrected chi connectivity index (χ3v) is 4.25. The van der Waals surface area contributed by atoms with Crippen molar-refractivity contribution >= 4 is 58.2 Å². The van der Waals surface area contributed by atoms with E-state index in [1.54, 1.807) is 30.3 Å². The van der Waals surface area contributed by atoms with Crippen LogP contribution < -0.4 is 10.6 Å². The highest BCUT2D eigenvalue weighted by molar-refractivity contribution is 7.80. The molecular formula is C20H14Cl2N2O2S. The summed E-state index contributed by atoms with van der Waals surface area (Å²) in [5.41, 5.74) is 1.51.